The molecule has 1 fully saturated rings. The number of pyridine rings is 1. The highest BCUT2D eigenvalue weighted by molar-refractivity contribution is 6.13. The van der Waals surface area contributed by atoms with Crippen molar-refractivity contribution < 1.29 is 9.18 Å². The molecular formula is C23H28FN7O. The van der Waals surface area contributed by atoms with E-state index >= 15 is 0 Å². The summed E-state index contributed by atoms with van der Waals surface area (Å²) in [6, 6.07) is 5.54. The number of halogens is 1. The zero-order valence-corrected chi connectivity index (χ0v) is 18.8. The molecule has 168 valence electrons. The van der Waals surface area contributed by atoms with Gasteiger partial charge in [-0.1, -0.05) is 0 Å². The maximum absolute atomic E-state index is 14.4. The van der Waals surface area contributed by atoms with Gasteiger partial charge >= 0.3 is 0 Å². The standard InChI is InChI=1S/C22H23FN6O.CH5N/c1-13-10-28-11-15(9-18(23)21(28)24-13)25-22(30)16-6-7-19(29-8-4-5-14(29)2)17-12-27(3)26-20(16)17;1-2/h6-7,9-12,14H,4-5,8H2,1-3H3,(H,25,30);2H2,1H3. The van der Waals surface area contributed by atoms with E-state index in [1.165, 1.54) is 13.1 Å². The van der Waals surface area contributed by atoms with Crippen LogP contribution in [0, 0.1) is 12.7 Å². The summed E-state index contributed by atoms with van der Waals surface area (Å²) in [7, 11) is 3.35. The van der Waals surface area contributed by atoms with Crippen molar-refractivity contribution in [3.8, 4) is 0 Å². The third-order valence-corrected chi connectivity index (χ3v) is 5.76. The molecule has 32 heavy (non-hydrogen) atoms. The van der Waals surface area contributed by atoms with Crippen LogP contribution in [0.25, 0.3) is 16.6 Å². The molecule has 1 aromatic carbocycles. The number of nitrogens with zero attached hydrogens (tertiary/aromatic N) is 5. The van der Waals surface area contributed by atoms with Gasteiger partial charge in [0.05, 0.1) is 16.9 Å². The lowest BCUT2D eigenvalue weighted by atomic mass is 10.1. The van der Waals surface area contributed by atoms with Crippen LogP contribution in [0.2, 0.25) is 0 Å². The van der Waals surface area contributed by atoms with E-state index in [9.17, 15) is 9.18 Å². The molecule has 4 aromatic rings. The van der Waals surface area contributed by atoms with Crippen LogP contribution in [0.1, 0.15) is 35.8 Å². The normalized spacial score (nSPS) is 15.8. The number of fused-ring (bicyclic) bond motifs is 2. The monoisotopic (exact) mass is 437 g/mol. The van der Waals surface area contributed by atoms with E-state index in [-0.39, 0.29) is 11.6 Å². The summed E-state index contributed by atoms with van der Waals surface area (Å²) in [5.41, 5.74) is 8.01. The van der Waals surface area contributed by atoms with Crippen LogP contribution in [0.3, 0.4) is 0 Å². The molecule has 1 amide bonds. The van der Waals surface area contributed by atoms with Gasteiger partial charge in [-0.25, -0.2) is 9.37 Å². The number of rotatable bonds is 3. The zero-order chi connectivity index (χ0) is 23.0. The Bertz CT molecular complexity index is 1290. The number of carbonyl (C=O) groups excluding carboxylic acids is 1. The van der Waals surface area contributed by atoms with Gasteiger partial charge in [0.2, 0.25) is 0 Å². The van der Waals surface area contributed by atoms with Crippen LogP contribution in [0.15, 0.2) is 36.8 Å². The minimum absolute atomic E-state index is 0.238. The van der Waals surface area contributed by atoms with Crippen LogP contribution in [-0.4, -0.2) is 44.7 Å². The van der Waals surface area contributed by atoms with Crippen molar-refractivity contribution in [1.29, 1.82) is 0 Å². The molecule has 8 nitrogen and oxygen atoms in total. The Morgan fingerprint density at radius 2 is 2.03 bits per heavy atom. The average molecular weight is 438 g/mol. The summed E-state index contributed by atoms with van der Waals surface area (Å²) >= 11 is 0. The van der Waals surface area contributed by atoms with Gasteiger partial charge < -0.3 is 20.4 Å². The van der Waals surface area contributed by atoms with Crippen LogP contribution < -0.4 is 16.0 Å². The highest BCUT2D eigenvalue weighted by Gasteiger charge is 2.25. The molecule has 3 aromatic heterocycles. The molecule has 1 unspecified atom stereocenters. The van der Waals surface area contributed by atoms with E-state index < -0.39 is 5.82 Å². The number of aryl methyl sites for hydroxylation is 2. The molecule has 1 atom stereocenters. The van der Waals surface area contributed by atoms with Gasteiger partial charge in [-0.05, 0) is 45.9 Å². The van der Waals surface area contributed by atoms with Crippen molar-refractivity contribution >= 4 is 33.8 Å². The molecule has 0 saturated carbocycles. The van der Waals surface area contributed by atoms with Crippen molar-refractivity contribution in [1.82, 2.24) is 19.2 Å². The Kier molecular flexibility index (Phi) is 5.84. The first-order valence-corrected chi connectivity index (χ1v) is 10.7. The highest BCUT2D eigenvalue weighted by atomic mass is 19.1. The first kappa shape index (κ1) is 21.8. The molecule has 3 N–H and O–H groups in total. The number of anilines is 2. The Hall–Kier alpha value is -3.46. The smallest absolute Gasteiger partial charge is 0.257 e. The molecule has 4 heterocycles. The van der Waals surface area contributed by atoms with Crippen LogP contribution >= 0.6 is 0 Å². The third kappa shape index (κ3) is 3.80. The summed E-state index contributed by atoms with van der Waals surface area (Å²) < 4.78 is 17.7. The number of nitrogens with one attached hydrogen (secondary N) is 1. The molecule has 1 aliphatic heterocycles. The molecule has 1 aliphatic rings. The van der Waals surface area contributed by atoms with E-state index in [1.807, 2.05) is 19.3 Å². The summed E-state index contributed by atoms with van der Waals surface area (Å²) in [5.74, 6) is -0.808. The quantitative estimate of drug-likeness (QED) is 0.512. The number of hydrogen-bond acceptors (Lipinski definition) is 5. The Labute approximate surface area is 185 Å². The Morgan fingerprint density at radius 1 is 1.25 bits per heavy atom. The van der Waals surface area contributed by atoms with Crippen molar-refractivity contribution in [3.05, 3.63) is 53.9 Å². The second-order valence-corrected chi connectivity index (χ2v) is 8.03. The van der Waals surface area contributed by atoms with Gasteiger partial charge in [0.1, 0.15) is 5.52 Å². The van der Waals surface area contributed by atoms with Crippen molar-refractivity contribution in [2.45, 2.75) is 32.7 Å². The number of nitrogens with two attached hydrogens (primary N) is 1. The van der Waals surface area contributed by atoms with E-state index in [0.29, 0.717) is 28.5 Å². The molecule has 0 radical (unpaired) electrons. The van der Waals surface area contributed by atoms with Crippen molar-refractivity contribution in [3.63, 3.8) is 0 Å². The number of carbonyl (C=O) groups is 1. The largest absolute Gasteiger partial charge is 0.368 e. The Morgan fingerprint density at radius 3 is 2.75 bits per heavy atom. The molecule has 0 bridgehead atoms. The van der Waals surface area contributed by atoms with Gasteiger partial charge in [-0.2, -0.15) is 5.10 Å². The van der Waals surface area contributed by atoms with Crippen LogP contribution in [0.5, 0.6) is 0 Å². The van der Waals surface area contributed by atoms with E-state index in [1.54, 1.807) is 34.5 Å². The number of amides is 1. The minimum atomic E-state index is -0.484. The van der Waals surface area contributed by atoms with E-state index in [2.05, 4.69) is 33.0 Å². The van der Waals surface area contributed by atoms with Gasteiger partial charge in [0.15, 0.2) is 11.5 Å². The van der Waals surface area contributed by atoms with E-state index in [0.717, 1.165) is 30.5 Å². The zero-order valence-electron chi connectivity index (χ0n) is 18.8. The second-order valence-electron chi connectivity index (χ2n) is 8.03. The lowest BCUT2D eigenvalue weighted by molar-refractivity contribution is 0.102. The highest BCUT2D eigenvalue weighted by Crippen LogP contribution is 2.33. The SMILES string of the molecule is CN.Cc1cn2cc(NC(=O)c3ccc(N4CCCC4C)c4cn(C)nc34)cc(F)c2n1. The Balaban J connectivity index is 0.00000119. The second kappa shape index (κ2) is 8.58. The number of hydrogen-bond donors (Lipinski definition) is 2. The summed E-state index contributed by atoms with van der Waals surface area (Å²) in [5, 5.41) is 8.30. The predicted molar refractivity (Wildman–Crippen MR) is 125 cm³/mol. The number of aromatic nitrogens is 4. The summed E-state index contributed by atoms with van der Waals surface area (Å²) in [6.45, 7) is 5.02. The van der Waals surface area contributed by atoms with Gasteiger partial charge in [0, 0.05) is 55.4 Å². The van der Waals surface area contributed by atoms with E-state index in [4.69, 9.17) is 0 Å². The van der Waals surface area contributed by atoms with Gasteiger partial charge in [-0.3, -0.25) is 9.48 Å². The average Bonchev–Trinajstić information content (AvgIpc) is 3.46. The molecule has 5 rings (SSSR count). The predicted octanol–water partition coefficient (Wildman–Crippen LogP) is 3.48. The molecule has 0 aliphatic carbocycles. The molecular weight excluding hydrogens is 409 g/mol. The fraction of sp³-hybridized carbons (Fsp3) is 0.348. The third-order valence-electron chi connectivity index (χ3n) is 5.76. The maximum Gasteiger partial charge on any atom is 0.257 e. The lowest BCUT2D eigenvalue weighted by Gasteiger charge is -2.24. The lowest BCUT2D eigenvalue weighted by Crippen LogP contribution is -2.26. The minimum Gasteiger partial charge on any atom is -0.368 e. The van der Waals surface area contributed by atoms with Crippen molar-refractivity contribution in [2.24, 2.45) is 12.8 Å². The fourth-order valence-corrected chi connectivity index (χ4v) is 4.38. The number of benzene rings is 1. The first-order chi connectivity index (χ1) is 15.4. The molecule has 1 saturated heterocycles. The molecule has 0 spiro atoms. The van der Waals surface area contributed by atoms with Crippen molar-refractivity contribution in [2.75, 3.05) is 23.8 Å². The fourth-order valence-electron chi connectivity index (χ4n) is 4.38. The maximum atomic E-state index is 14.4. The molecule has 9 heteroatoms. The summed E-state index contributed by atoms with van der Waals surface area (Å²) in [6.07, 6.45) is 7.65. The topological polar surface area (TPSA) is 93.5 Å². The van der Waals surface area contributed by atoms with Crippen LogP contribution in [0.4, 0.5) is 15.8 Å². The van der Waals surface area contributed by atoms with Gasteiger partial charge in [-0.15, -0.1) is 0 Å². The first-order valence-electron chi connectivity index (χ1n) is 10.7. The summed E-state index contributed by atoms with van der Waals surface area (Å²) in [4.78, 5) is 19.6. The van der Waals surface area contributed by atoms with Gasteiger partial charge in [0.25, 0.3) is 5.91 Å². The van der Waals surface area contributed by atoms with Crippen LogP contribution in [-0.2, 0) is 7.05 Å². The number of imidazole rings is 1.